The fourth-order valence-corrected chi connectivity index (χ4v) is 16.9. The van der Waals surface area contributed by atoms with Crippen molar-refractivity contribution in [3.05, 3.63) is 12.2 Å². The topological polar surface area (TPSA) is 380 Å². The number of esters is 4. The molecule has 2 aliphatic heterocycles. The van der Waals surface area contributed by atoms with Crippen LogP contribution in [0.1, 0.15) is 413 Å². The number of allylic oxidation sites excluding steroid dienone is 2. The number of hydrogen-bond acceptors (Lipinski definition) is 24. The van der Waals surface area contributed by atoms with Crippen LogP contribution in [-0.4, -0.2) is 205 Å². The monoisotopic (exact) mass is 1710 g/mol. The van der Waals surface area contributed by atoms with Crippen LogP contribution in [0.3, 0.4) is 0 Å². The van der Waals surface area contributed by atoms with E-state index in [-0.39, 0.29) is 25.7 Å². The van der Waals surface area contributed by atoms with E-state index in [0.717, 1.165) is 148 Å². The molecule has 10 N–H and O–H groups in total. The highest BCUT2D eigenvalue weighted by atomic mass is 31.2. The van der Waals surface area contributed by atoms with E-state index in [1.54, 1.807) is 0 Å². The molecule has 25 nitrogen and oxygen atoms in total. The largest absolute Gasteiger partial charge is 0.472 e. The molecule has 19 atom stereocenters. The van der Waals surface area contributed by atoms with E-state index >= 15 is 0 Å². The zero-order valence-electron chi connectivity index (χ0n) is 74.1. The lowest BCUT2D eigenvalue weighted by Gasteiger charge is -2.50. The summed E-state index contributed by atoms with van der Waals surface area (Å²) in [7, 11) is -5.81. The number of rotatable bonds is 77. The van der Waals surface area contributed by atoms with Gasteiger partial charge in [0.05, 0.1) is 13.2 Å². The Bertz CT molecular complexity index is 2520. The Labute approximate surface area is 712 Å². The summed E-state index contributed by atoms with van der Waals surface area (Å²) >= 11 is 0. The van der Waals surface area contributed by atoms with Gasteiger partial charge in [0.1, 0.15) is 92.6 Å². The molecule has 26 heteroatoms. The third-order valence-electron chi connectivity index (χ3n) is 23.7. The molecule has 0 amide bonds. The Morgan fingerprint density at radius 2 is 0.686 bits per heavy atom. The van der Waals surface area contributed by atoms with Crippen LogP contribution in [0.15, 0.2) is 12.2 Å². The molecular formula is C92H171O25P. The van der Waals surface area contributed by atoms with Gasteiger partial charge in [0.15, 0.2) is 24.8 Å². The molecule has 118 heavy (non-hydrogen) atoms. The predicted octanol–water partition coefficient (Wildman–Crippen LogP) is 17.8. The molecule has 0 radical (unpaired) electrons. The molecule has 694 valence electrons. The third kappa shape index (κ3) is 50.4. The zero-order valence-corrected chi connectivity index (χ0v) is 75.0. The quantitative estimate of drug-likeness (QED) is 0.00889. The van der Waals surface area contributed by atoms with Gasteiger partial charge in [-0.15, -0.1) is 0 Å². The van der Waals surface area contributed by atoms with Crippen molar-refractivity contribution in [1.82, 2.24) is 0 Å². The molecule has 3 fully saturated rings. The van der Waals surface area contributed by atoms with Crippen molar-refractivity contribution in [3.63, 3.8) is 0 Å². The predicted molar refractivity (Wildman–Crippen MR) is 458 cm³/mol. The lowest BCUT2D eigenvalue weighted by Crippen LogP contribution is -2.70. The molecule has 2 heterocycles. The first-order valence-electron chi connectivity index (χ1n) is 47.8. The summed E-state index contributed by atoms with van der Waals surface area (Å²) < 4.78 is 73.5. The Morgan fingerprint density at radius 1 is 0.356 bits per heavy atom. The van der Waals surface area contributed by atoms with E-state index < -0.39 is 162 Å². The van der Waals surface area contributed by atoms with E-state index in [4.69, 9.17) is 46.9 Å². The number of unbranched alkanes of at least 4 members (excludes halogenated alkanes) is 47. The van der Waals surface area contributed by atoms with Crippen LogP contribution in [0.25, 0.3) is 0 Å². The van der Waals surface area contributed by atoms with Crippen molar-refractivity contribution >= 4 is 31.7 Å². The summed E-state index contributed by atoms with van der Waals surface area (Å²) in [6.07, 6.45) is 27.7. The minimum atomic E-state index is -5.81. The van der Waals surface area contributed by atoms with Gasteiger partial charge in [-0.05, 0) is 57.3 Å². The maximum atomic E-state index is 14.9. The molecule has 1 saturated carbocycles. The Hall–Kier alpha value is -2.79. The van der Waals surface area contributed by atoms with E-state index in [1.807, 2.05) is 0 Å². The molecule has 3 rings (SSSR count). The highest BCUT2D eigenvalue weighted by molar-refractivity contribution is 7.47. The number of aliphatic hydroxyl groups excluding tert-OH is 9. The molecule has 2 saturated heterocycles. The van der Waals surface area contributed by atoms with Gasteiger partial charge in [-0.1, -0.05) is 349 Å². The summed E-state index contributed by atoms with van der Waals surface area (Å²) in [6, 6.07) is 0. The summed E-state index contributed by atoms with van der Waals surface area (Å²) in [6.45, 7) is 7.94. The van der Waals surface area contributed by atoms with Gasteiger partial charge < -0.3 is 88.7 Å². The van der Waals surface area contributed by atoms with Crippen LogP contribution in [0.2, 0.25) is 0 Å². The molecule has 3 aliphatic rings. The fourth-order valence-electron chi connectivity index (χ4n) is 16.0. The number of hydrogen-bond donors (Lipinski definition) is 10. The maximum Gasteiger partial charge on any atom is 0.472 e. The Morgan fingerprint density at radius 3 is 1.10 bits per heavy atom. The highest BCUT2D eigenvalue weighted by Gasteiger charge is 2.60. The molecule has 19 unspecified atom stereocenters. The van der Waals surface area contributed by atoms with Crippen LogP contribution in [0.5, 0.6) is 0 Å². The summed E-state index contributed by atoms with van der Waals surface area (Å²) in [4.78, 5) is 66.5. The van der Waals surface area contributed by atoms with Gasteiger partial charge in [-0.3, -0.25) is 28.2 Å². The van der Waals surface area contributed by atoms with E-state index in [9.17, 15) is 74.6 Å². The van der Waals surface area contributed by atoms with Gasteiger partial charge in [0.2, 0.25) is 0 Å². The van der Waals surface area contributed by atoms with Gasteiger partial charge in [0.25, 0.3) is 0 Å². The first-order chi connectivity index (χ1) is 57.1. The number of ether oxygens (including phenoxy) is 8. The maximum absolute atomic E-state index is 14.9. The number of phosphoric ester groups is 1. The zero-order chi connectivity index (χ0) is 86.2. The number of carbonyl (C=O) groups is 4. The average Bonchev–Trinajstić information content (AvgIpc) is 0.754. The number of phosphoric acid groups is 1. The lowest BCUT2D eigenvalue weighted by atomic mass is 9.84. The molecular weight excluding hydrogens is 1540 g/mol. The van der Waals surface area contributed by atoms with E-state index in [0.29, 0.717) is 38.0 Å². The van der Waals surface area contributed by atoms with Crippen molar-refractivity contribution in [3.8, 4) is 0 Å². The highest BCUT2D eigenvalue weighted by Crippen LogP contribution is 2.49. The van der Waals surface area contributed by atoms with Crippen molar-refractivity contribution in [1.29, 1.82) is 0 Å². The number of carbonyl (C=O) groups excluding carboxylic acids is 4. The molecule has 0 bridgehead atoms. The van der Waals surface area contributed by atoms with Crippen LogP contribution in [-0.2, 0) is 70.7 Å². The van der Waals surface area contributed by atoms with E-state index in [2.05, 4.69) is 46.8 Å². The standard InChI is InChI=1S/C92H171O25P/c1-6-10-14-18-22-25-28-31-33-36-38-41-44-51-58-64-76(95)109-70-74-80(99)82(101)86(105)92(113-74)116-89-87(114-78(97)66-60-54-46-43-40-37-34-32-29-26-23-19-15-11-7-2)83(102)84(103)88(115-91-85(104)81(100)79(98)73(67-93)112-91)90(89)117-118(106,107)110-69-72(111-77(96)65-59-53-45-42-39-35-30-27-24-20-16-12-8-3)68-108-75(94)63-57-52-48-47-50-56-62-71(5)61-55-49-21-17-13-9-4/h25,28,71-74,79-93,98-105H,6-24,26-27,29-70H2,1-5H3,(H,106,107)/b28-25-. The van der Waals surface area contributed by atoms with Crippen LogP contribution in [0, 0.1) is 5.92 Å². The first-order valence-corrected chi connectivity index (χ1v) is 49.3. The minimum Gasteiger partial charge on any atom is -0.463 e. The first kappa shape index (κ1) is 109. The Balaban J connectivity index is 1.92. The van der Waals surface area contributed by atoms with E-state index in [1.165, 1.54) is 173 Å². The normalized spacial score (nSPS) is 25.2. The summed E-state index contributed by atoms with van der Waals surface area (Å²) in [5, 5.41) is 102. The molecule has 0 aromatic rings. The minimum absolute atomic E-state index is 0.0108. The third-order valence-corrected chi connectivity index (χ3v) is 24.7. The summed E-state index contributed by atoms with van der Waals surface area (Å²) in [5.41, 5.74) is 0. The van der Waals surface area contributed by atoms with Gasteiger partial charge in [-0.2, -0.15) is 0 Å². The van der Waals surface area contributed by atoms with Crippen molar-refractivity contribution < 1.29 is 122 Å². The van der Waals surface area contributed by atoms with Crippen LogP contribution in [0.4, 0.5) is 0 Å². The fraction of sp³-hybridized carbons (Fsp3) is 0.935. The second-order valence-corrected chi connectivity index (χ2v) is 35.9. The molecule has 0 spiro atoms. The van der Waals surface area contributed by atoms with Crippen molar-refractivity contribution in [2.75, 3.05) is 26.4 Å². The van der Waals surface area contributed by atoms with Crippen LogP contribution < -0.4 is 0 Å². The van der Waals surface area contributed by atoms with Gasteiger partial charge in [-0.25, -0.2) is 4.57 Å². The van der Waals surface area contributed by atoms with Gasteiger partial charge in [0, 0.05) is 25.7 Å². The smallest absolute Gasteiger partial charge is 0.463 e. The van der Waals surface area contributed by atoms with Gasteiger partial charge >= 0.3 is 31.7 Å². The van der Waals surface area contributed by atoms with Crippen molar-refractivity contribution in [2.45, 2.75) is 518 Å². The SMILES string of the molecule is CCCCCC/C=C\CCCCCCCCCC(=O)OCC1OC(OC2C(OC(=O)CCCCCCCCCCCCCCCCC)C(O)C(O)C(OC3OC(CO)C(O)C(O)C3O)C2OP(=O)(O)OCC(COC(=O)CCCCCCCCC(C)CCCCCCCC)OC(=O)CCCCCCCCCCCCCCC)C(O)C(O)C1O. The number of aliphatic hydroxyl groups is 9. The second kappa shape index (κ2) is 70.4. The van der Waals surface area contributed by atoms with Crippen molar-refractivity contribution in [2.24, 2.45) is 5.92 Å². The second-order valence-electron chi connectivity index (χ2n) is 34.5. The molecule has 1 aliphatic carbocycles. The average molecular weight is 1710 g/mol. The summed E-state index contributed by atoms with van der Waals surface area (Å²) in [5.74, 6) is -2.27. The molecule has 0 aromatic heterocycles. The molecule has 0 aromatic carbocycles. The lowest BCUT2D eigenvalue weighted by molar-refractivity contribution is -0.360. The van der Waals surface area contributed by atoms with Crippen LogP contribution >= 0.6 is 7.82 Å². The Kier molecular flexibility index (Phi) is 65.2.